The van der Waals surface area contributed by atoms with Crippen LogP contribution in [0.3, 0.4) is 0 Å². The average Bonchev–Trinajstić information content (AvgIpc) is 2.50. The van der Waals surface area contributed by atoms with E-state index in [1.807, 2.05) is 6.92 Å². The number of aliphatic hydroxyl groups is 1. The van der Waals surface area contributed by atoms with E-state index in [0.29, 0.717) is 6.04 Å². The second-order valence-electron chi connectivity index (χ2n) is 4.70. The number of likely N-dealkylation sites (tertiary alicyclic amines) is 1. The van der Waals surface area contributed by atoms with Crippen molar-refractivity contribution in [2.45, 2.75) is 44.9 Å². The van der Waals surface area contributed by atoms with Crippen LogP contribution in [-0.4, -0.2) is 60.3 Å². The van der Waals surface area contributed by atoms with Crippen molar-refractivity contribution in [3.63, 3.8) is 0 Å². The monoisotopic (exact) mass is 200 g/mol. The van der Waals surface area contributed by atoms with Gasteiger partial charge in [-0.2, -0.15) is 0 Å². The highest BCUT2D eigenvalue weighted by molar-refractivity contribution is 4.81. The normalized spacial score (nSPS) is 28.3. The number of likely N-dealkylation sites (N-methyl/N-ethyl adjacent to an activating group) is 2. The van der Waals surface area contributed by atoms with Gasteiger partial charge in [-0.25, -0.2) is 0 Å². The van der Waals surface area contributed by atoms with E-state index in [-0.39, 0.29) is 12.1 Å². The second-order valence-corrected chi connectivity index (χ2v) is 4.70. The molecule has 14 heavy (non-hydrogen) atoms. The first kappa shape index (κ1) is 12.0. The summed E-state index contributed by atoms with van der Waals surface area (Å²) in [5, 5.41) is 9.48. The quantitative estimate of drug-likeness (QED) is 0.726. The van der Waals surface area contributed by atoms with Gasteiger partial charge in [0.2, 0.25) is 0 Å². The van der Waals surface area contributed by atoms with E-state index in [9.17, 15) is 5.11 Å². The van der Waals surface area contributed by atoms with Crippen LogP contribution in [0.2, 0.25) is 0 Å². The van der Waals surface area contributed by atoms with Gasteiger partial charge in [-0.3, -0.25) is 4.90 Å². The molecule has 1 heterocycles. The van der Waals surface area contributed by atoms with Crippen molar-refractivity contribution in [2.75, 3.05) is 27.2 Å². The van der Waals surface area contributed by atoms with Crippen LogP contribution >= 0.6 is 0 Å². The van der Waals surface area contributed by atoms with Crippen molar-refractivity contribution in [3.8, 4) is 0 Å². The molecule has 1 aliphatic rings. The Bertz CT molecular complexity index is 173. The number of aliphatic hydroxyl groups excluding tert-OH is 1. The first-order valence-corrected chi connectivity index (χ1v) is 5.61. The predicted molar refractivity (Wildman–Crippen MR) is 59.4 cm³/mol. The van der Waals surface area contributed by atoms with E-state index >= 15 is 0 Å². The van der Waals surface area contributed by atoms with Gasteiger partial charge in [-0.1, -0.05) is 0 Å². The summed E-state index contributed by atoms with van der Waals surface area (Å²) in [7, 11) is 4.29. The lowest BCUT2D eigenvalue weighted by atomic mass is 10.1. The molecule has 0 saturated carbocycles. The highest BCUT2D eigenvalue weighted by Crippen LogP contribution is 2.16. The second kappa shape index (κ2) is 5.10. The fraction of sp³-hybridized carbons (Fsp3) is 1.00. The highest BCUT2D eigenvalue weighted by atomic mass is 16.3. The molecule has 84 valence electrons. The molecule has 0 amide bonds. The largest absolute Gasteiger partial charge is 0.392 e. The van der Waals surface area contributed by atoms with E-state index in [2.05, 4.69) is 30.8 Å². The number of nitrogens with zero attached hydrogens (tertiary/aromatic N) is 2. The zero-order valence-corrected chi connectivity index (χ0v) is 9.90. The summed E-state index contributed by atoms with van der Waals surface area (Å²) < 4.78 is 0. The molecule has 0 radical (unpaired) electrons. The van der Waals surface area contributed by atoms with Crippen LogP contribution in [-0.2, 0) is 0 Å². The van der Waals surface area contributed by atoms with Crippen LogP contribution < -0.4 is 0 Å². The number of rotatable bonds is 4. The smallest absolute Gasteiger partial charge is 0.0664 e. The van der Waals surface area contributed by atoms with Gasteiger partial charge in [0, 0.05) is 18.6 Å². The number of hydrogen-bond acceptors (Lipinski definition) is 3. The van der Waals surface area contributed by atoms with E-state index in [4.69, 9.17) is 0 Å². The Morgan fingerprint density at radius 2 is 2.14 bits per heavy atom. The molecule has 1 rings (SSSR count). The van der Waals surface area contributed by atoms with Gasteiger partial charge >= 0.3 is 0 Å². The van der Waals surface area contributed by atoms with E-state index < -0.39 is 0 Å². The molecule has 1 aliphatic heterocycles. The van der Waals surface area contributed by atoms with Crippen LogP contribution in [0.25, 0.3) is 0 Å². The molecule has 0 aromatic carbocycles. The summed E-state index contributed by atoms with van der Waals surface area (Å²) in [4.78, 5) is 4.68. The fourth-order valence-electron chi connectivity index (χ4n) is 2.08. The SMILES string of the molecule is CC(O)C(C)N(C)CC1CCCN1C. The lowest BCUT2D eigenvalue weighted by molar-refractivity contribution is 0.0734. The molecule has 0 spiro atoms. The van der Waals surface area contributed by atoms with Gasteiger partial charge in [0.25, 0.3) is 0 Å². The third-order valence-corrected chi connectivity index (χ3v) is 3.56. The Balaban J connectivity index is 2.35. The molecule has 3 nitrogen and oxygen atoms in total. The van der Waals surface area contributed by atoms with Gasteiger partial charge in [-0.05, 0) is 47.3 Å². The Hall–Kier alpha value is -0.120. The minimum Gasteiger partial charge on any atom is -0.392 e. The third-order valence-electron chi connectivity index (χ3n) is 3.56. The molecule has 0 bridgehead atoms. The molecular weight excluding hydrogens is 176 g/mol. The van der Waals surface area contributed by atoms with Crippen molar-refractivity contribution < 1.29 is 5.11 Å². The summed E-state index contributed by atoms with van der Waals surface area (Å²) in [6.07, 6.45) is 2.37. The Labute approximate surface area is 87.7 Å². The molecule has 1 N–H and O–H groups in total. The molecule has 3 unspecified atom stereocenters. The van der Waals surface area contributed by atoms with Crippen molar-refractivity contribution in [3.05, 3.63) is 0 Å². The van der Waals surface area contributed by atoms with Gasteiger partial charge in [0.05, 0.1) is 6.10 Å². The lowest BCUT2D eigenvalue weighted by Gasteiger charge is -2.31. The third kappa shape index (κ3) is 2.94. The first-order chi connectivity index (χ1) is 6.52. The summed E-state index contributed by atoms with van der Waals surface area (Å²) in [5.74, 6) is 0. The van der Waals surface area contributed by atoms with Crippen LogP contribution in [0.15, 0.2) is 0 Å². The molecule has 0 aromatic rings. The van der Waals surface area contributed by atoms with E-state index in [1.165, 1.54) is 19.4 Å². The summed E-state index contributed by atoms with van der Waals surface area (Å²) in [6, 6.07) is 0.935. The predicted octanol–water partition coefficient (Wildman–Crippen LogP) is 0.782. The minimum absolute atomic E-state index is 0.244. The van der Waals surface area contributed by atoms with E-state index in [0.717, 1.165) is 6.54 Å². The van der Waals surface area contributed by atoms with E-state index in [1.54, 1.807) is 0 Å². The lowest BCUT2D eigenvalue weighted by Crippen LogP contribution is -2.44. The zero-order valence-electron chi connectivity index (χ0n) is 9.90. The van der Waals surface area contributed by atoms with Gasteiger partial charge in [-0.15, -0.1) is 0 Å². The Morgan fingerprint density at radius 1 is 1.50 bits per heavy atom. The van der Waals surface area contributed by atoms with Crippen LogP contribution in [0.4, 0.5) is 0 Å². The summed E-state index contributed by atoms with van der Waals surface area (Å²) in [6.45, 7) is 6.24. The highest BCUT2D eigenvalue weighted by Gasteiger charge is 2.24. The maximum Gasteiger partial charge on any atom is 0.0664 e. The Kier molecular flexibility index (Phi) is 4.35. The minimum atomic E-state index is -0.244. The maximum atomic E-state index is 9.48. The molecule has 1 fully saturated rings. The van der Waals surface area contributed by atoms with Crippen LogP contribution in [0.1, 0.15) is 26.7 Å². The number of hydrogen-bond donors (Lipinski definition) is 1. The van der Waals surface area contributed by atoms with Crippen LogP contribution in [0.5, 0.6) is 0 Å². The molecule has 3 heteroatoms. The van der Waals surface area contributed by atoms with Gasteiger partial charge in [0.15, 0.2) is 0 Å². The van der Waals surface area contributed by atoms with Crippen molar-refractivity contribution in [1.82, 2.24) is 9.80 Å². The van der Waals surface area contributed by atoms with Gasteiger partial charge < -0.3 is 10.0 Å². The molecular formula is C11H24N2O. The van der Waals surface area contributed by atoms with Crippen molar-refractivity contribution >= 4 is 0 Å². The van der Waals surface area contributed by atoms with Gasteiger partial charge in [0.1, 0.15) is 0 Å². The molecule has 0 aromatic heterocycles. The van der Waals surface area contributed by atoms with Crippen molar-refractivity contribution in [1.29, 1.82) is 0 Å². The summed E-state index contributed by atoms with van der Waals surface area (Å²) >= 11 is 0. The molecule has 1 saturated heterocycles. The topological polar surface area (TPSA) is 26.7 Å². The first-order valence-electron chi connectivity index (χ1n) is 5.61. The fourth-order valence-corrected chi connectivity index (χ4v) is 2.08. The average molecular weight is 200 g/mol. The summed E-state index contributed by atoms with van der Waals surface area (Å²) in [5.41, 5.74) is 0. The zero-order chi connectivity index (χ0) is 10.7. The molecule has 0 aliphatic carbocycles. The molecule has 3 atom stereocenters. The maximum absolute atomic E-state index is 9.48. The van der Waals surface area contributed by atoms with Crippen molar-refractivity contribution in [2.24, 2.45) is 0 Å². The van der Waals surface area contributed by atoms with Crippen LogP contribution in [0, 0.1) is 0 Å². The Morgan fingerprint density at radius 3 is 2.57 bits per heavy atom. The standard InChI is InChI=1S/C11H24N2O/c1-9(10(2)14)13(4)8-11-6-5-7-12(11)3/h9-11,14H,5-8H2,1-4H3.